The average Bonchev–Trinajstić information content (AvgIpc) is 2.52. The number of methoxy groups -OCH3 is 1. The molecule has 0 radical (unpaired) electrons. The summed E-state index contributed by atoms with van der Waals surface area (Å²) in [6.45, 7) is 4.11. The van der Waals surface area contributed by atoms with Gasteiger partial charge in [0.1, 0.15) is 11.5 Å². The number of hydrogen-bond acceptors (Lipinski definition) is 2. The van der Waals surface area contributed by atoms with Crippen molar-refractivity contribution in [3.05, 3.63) is 65.7 Å². The second-order valence-electron chi connectivity index (χ2n) is 4.92. The first-order valence-corrected chi connectivity index (χ1v) is 6.98. The van der Waals surface area contributed by atoms with Crippen molar-refractivity contribution in [2.45, 2.75) is 19.9 Å². The molecule has 2 aromatic carbocycles. The van der Waals surface area contributed by atoms with Gasteiger partial charge in [0.25, 0.3) is 0 Å². The Labute approximate surface area is 126 Å². The standard InChI is InChI=1S/C19H19NO/c1-15(2)20-19(17-7-5-4-6-8-17)14-11-16-9-12-18(21-3)13-10-16/h4-10,12-13,15H,1-3H3. The van der Waals surface area contributed by atoms with Gasteiger partial charge in [-0.1, -0.05) is 36.3 Å². The van der Waals surface area contributed by atoms with E-state index in [1.165, 1.54) is 0 Å². The third-order valence-corrected chi connectivity index (χ3v) is 2.85. The SMILES string of the molecule is COc1ccc(C#CC(=NC(C)C)c2ccccc2)cc1. The minimum Gasteiger partial charge on any atom is -0.497 e. The quantitative estimate of drug-likeness (QED) is 0.615. The number of rotatable bonds is 3. The van der Waals surface area contributed by atoms with E-state index in [0.717, 1.165) is 22.6 Å². The molecule has 0 heterocycles. The van der Waals surface area contributed by atoms with Crippen LogP contribution in [0.15, 0.2) is 59.6 Å². The Morgan fingerprint density at radius 1 is 1.00 bits per heavy atom. The van der Waals surface area contributed by atoms with E-state index in [4.69, 9.17) is 4.74 Å². The van der Waals surface area contributed by atoms with E-state index < -0.39 is 0 Å². The van der Waals surface area contributed by atoms with Crippen LogP contribution in [0.5, 0.6) is 5.75 Å². The van der Waals surface area contributed by atoms with Crippen molar-refractivity contribution < 1.29 is 4.74 Å². The molecule has 21 heavy (non-hydrogen) atoms. The van der Waals surface area contributed by atoms with E-state index in [-0.39, 0.29) is 6.04 Å². The fourth-order valence-electron chi connectivity index (χ4n) is 1.84. The van der Waals surface area contributed by atoms with Crippen LogP contribution in [-0.4, -0.2) is 18.9 Å². The second-order valence-corrected chi connectivity index (χ2v) is 4.92. The van der Waals surface area contributed by atoms with Gasteiger partial charge in [-0.25, -0.2) is 0 Å². The molecule has 0 saturated carbocycles. The van der Waals surface area contributed by atoms with E-state index >= 15 is 0 Å². The summed E-state index contributed by atoms with van der Waals surface area (Å²) in [5.41, 5.74) is 2.82. The molecule has 0 fully saturated rings. The van der Waals surface area contributed by atoms with Crippen LogP contribution in [0.2, 0.25) is 0 Å². The van der Waals surface area contributed by atoms with Crippen molar-refractivity contribution in [3.63, 3.8) is 0 Å². The Kier molecular flexibility index (Phi) is 5.17. The lowest BCUT2D eigenvalue weighted by molar-refractivity contribution is 0.415. The maximum Gasteiger partial charge on any atom is 0.118 e. The monoisotopic (exact) mass is 277 g/mol. The van der Waals surface area contributed by atoms with Crippen LogP contribution in [0.3, 0.4) is 0 Å². The third-order valence-electron chi connectivity index (χ3n) is 2.85. The lowest BCUT2D eigenvalue weighted by Crippen LogP contribution is -2.02. The zero-order chi connectivity index (χ0) is 15.1. The van der Waals surface area contributed by atoms with Crippen LogP contribution in [0.4, 0.5) is 0 Å². The molecule has 0 bridgehead atoms. The zero-order valence-electron chi connectivity index (χ0n) is 12.6. The molecule has 0 aliphatic carbocycles. The Bertz CT molecular complexity index is 658. The maximum absolute atomic E-state index is 5.14. The number of nitrogens with zero attached hydrogens (tertiary/aromatic N) is 1. The van der Waals surface area contributed by atoms with E-state index in [1.807, 2.05) is 54.6 Å². The molecule has 0 unspecified atom stereocenters. The van der Waals surface area contributed by atoms with E-state index in [9.17, 15) is 0 Å². The Morgan fingerprint density at radius 3 is 2.24 bits per heavy atom. The summed E-state index contributed by atoms with van der Waals surface area (Å²) >= 11 is 0. The highest BCUT2D eigenvalue weighted by Crippen LogP contribution is 2.10. The largest absolute Gasteiger partial charge is 0.497 e. The van der Waals surface area contributed by atoms with Crippen LogP contribution in [0.25, 0.3) is 0 Å². The van der Waals surface area contributed by atoms with Gasteiger partial charge in [-0.3, -0.25) is 4.99 Å². The van der Waals surface area contributed by atoms with Crippen LogP contribution < -0.4 is 4.74 Å². The smallest absolute Gasteiger partial charge is 0.118 e. The fourth-order valence-corrected chi connectivity index (χ4v) is 1.84. The molecule has 0 aromatic heterocycles. The Hall–Kier alpha value is -2.53. The molecule has 2 nitrogen and oxygen atoms in total. The number of hydrogen-bond donors (Lipinski definition) is 0. The van der Waals surface area contributed by atoms with Gasteiger partial charge < -0.3 is 4.74 Å². The number of benzene rings is 2. The highest BCUT2D eigenvalue weighted by molar-refractivity contribution is 6.13. The summed E-state index contributed by atoms with van der Waals surface area (Å²) in [6.07, 6.45) is 0. The molecule has 0 aliphatic rings. The molecule has 0 aliphatic heterocycles. The molecular formula is C19H19NO. The molecule has 2 rings (SSSR count). The summed E-state index contributed by atoms with van der Waals surface area (Å²) < 4.78 is 5.14. The average molecular weight is 277 g/mol. The van der Waals surface area contributed by atoms with E-state index in [1.54, 1.807) is 7.11 Å². The second kappa shape index (κ2) is 7.31. The summed E-state index contributed by atoms with van der Waals surface area (Å²) in [5.74, 6) is 7.18. The van der Waals surface area contributed by atoms with Crippen molar-refractivity contribution in [3.8, 4) is 17.6 Å². The van der Waals surface area contributed by atoms with Gasteiger partial charge in [0.2, 0.25) is 0 Å². The lowest BCUT2D eigenvalue weighted by atomic mass is 10.1. The first-order valence-electron chi connectivity index (χ1n) is 6.98. The lowest BCUT2D eigenvalue weighted by Gasteiger charge is -2.02. The predicted molar refractivity (Wildman–Crippen MR) is 88.0 cm³/mol. The van der Waals surface area contributed by atoms with Crippen LogP contribution in [0.1, 0.15) is 25.0 Å². The van der Waals surface area contributed by atoms with Crippen molar-refractivity contribution in [2.75, 3.05) is 7.11 Å². The summed E-state index contributed by atoms with van der Waals surface area (Å²) in [7, 11) is 1.66. The molecule has 0 atom stereocenters. The number of aliphatic imine (C=N–C) groups is 1. The van der Waals surface area contributed by atoms with Crippen molar-refractivity contribution in [1.82, 2.24) is 0 Å². The molecular weight excluding hydrogens is 258 g/mol. The van der Waals surface area contributed by atoms with Gasteiger partial charge in [-0.2, -0.15) is 0 Å². The van der Waals surface area contributed by atoms with Gasteiger partial charge in [0.05, 0.1) is 7.11 Å². The van der Waals surface area contributed by atoms with E-state index in [2.05, 4.69) is 30.7 Å². The van der Waals surface area contributed by atoms with Crippen molar-refractivity contribution in [2.24, 2.45) is 4.99 Å². The minimum atomic E-state index is 0.213. The van der Waals surface area contributed by atoms with Gasteiger partial charge in [-0.15, -0.1) is 0 Å². The van der Waals surface area contributed by atoms with Crippen LogP contribution in [-0.2, 0) is 0 Å². The summed E-state index contributed by atoms with van der Waals surface area (Å²) in [4.78, 5) is 4.61. The number of ether oxygens (including phenoxy) is 1. The molecule has 106 valence electrons. The molecule has 2 heteroatoms. The van der Waals surface area contributed by atoms with Gasteiger partial charge in [0, 0.05) is 17.2 Å². The van der Waals surface area contributed by atoms with Crippen molar-refractivity contribution >= 4 is 5.71 Å². The zero-order valence-corrected chi connectivity index (χ0v) is 12.6. The van der Waals surface area contributed by atoms with Gasteiger partial charge >= 0.3 is 0 Å². The normalized spacial score (nSPS) is 11.0. The van der Waals surface area contributed by atoms with E-state index in [0.29, 0.717) is 0 Å². The maximum atomic E-state index is 5.14. The van der Waals surface area contributed by atoms with Crippen molar-refractivity contribution in [1.29, 1.82) is 0 Å². The summed E-state index contributed by atoms with van der Waals surface area (Å²) in [6, 6.07) is 18.0. The molecule has 2 aromatic rings. The molecule has 0 amide bonds. The van der Waals surface area contributed by atoms with Crippen LogP contribution >= 0.6 is 0 Å². The Balaban J connectivity index is 2.30. The highest BCUT2D eigenvalue weighted by Gasteiger charge is 2.00. The predicted octanol–water partition coefficient (Wildman–Crippen LogP) is 3.94. The first-order chi connectivity index (χ1) is 10.2. The highest BCUT2D eigenvalue weighted by atomic mass is 16.5. The Morgan fingerprint density at radius 2 is 1.67 bits per heavy atom. The summed E-state index contributed by atoms with van der Waals surface area (Å²) in [5, 5.41) is 0. The third kappa shape index (κ3) is 4.50. The van der Waals surface area contributed by atoms with Gasteiger partial charge in [-0.05, 0) is 44.0 Å². The van der Waals surface area contributed by atoms with Crippen LogP contribution in [0, 0.1) is 11.8 Å². The minimum absolute atomic E-state index is 0.213. The molecule has 0 spiro atoms. The fraction of sp³-hybridized carbons (Fsp3) is 0.211. The first kappa shape index (κ1) is 14.9. The molecule has 0 saturated heterocycles. The molecule has 0 N–H and O–H groups in total. The van der Waals surface area contributed by atoms with Gasteiger partial charge in [0.15, 0.2) is 0 Å². The topological polar surface area (TPSA) is 21.6 Å².